The van der Waals surface area contributed by atoms with Gasteiger partial charge in [0.1, 0.15) is 0 Å². The van der Waals surface area contributed by atoms with Crippen LogP contribution in [0.2, 0.25) is 0 Å². The van der Waals surface area contributed by atoms with Gasteiger partial charge in [-0.2, -0.15) is 0 Å². The SMILES string of the molecule is Nc1ccc([SH]2CCCCC2)cc1. The molecule has 0 bridgehead atoms. The monoisotopic (exact) mass is 195 g/mol. The molecule has 2 heteroatoms. The Kier molecular flexibility index (Phi) is 2.79. The first-order chi connectivity index (χ1) is 6.36. The summed E-state index contributed by atoms with van der Waals surface area (Å²) in [5.41, 5.74) is 6.55. The second-order valence-corrected chi connectivity index (χ2v) is 6.13. The maximum absolute atomic E-state index is 5.66. The highest BCUT2D eigenvalue weighted by Crippen LogP contribution is 2.41. The van der Waals surface area contributed by atoms with E-state index in [9.17, 15) is 0 Å². The quantitative estimate of drug-likeness (QED) is 0.523. The molecule has 1 saturated heterocycles. The van der Waals surface area contributed by atoms with Crippen molar-refractivity contribution < 1.29 is 0 Å². The Balaban J connectivity index is 2.10. The molecule has 13 heavy (non-hydrogen) atoms. The molecule has 0 amide bonds. The van der Waals surface area contributed by atoms with Crippen molar-refractivity contribution in [3.05, 3.63) is 24.3 Å². The molecule has 0 unspecified atom stereocenters. The van der Waals surface area contributed by atoms with E-state index < -0.39 is 0 Å². The van der Waals surface area contributed by atoms with Crippen LogP contribution in [0.25, 0.3) is 0 Å². The Morgan fingerprint density at radius 2 is 1.54 bits per heavy atom. The second-order valence-electron chi connectivity index (χ2n) is 3.64. The summed E-state index contributed by atoms with van der Waals surface area (Å²) in [5, 5.41) is 0. The number of nitrogens with two attached hydrogens (primary N) is 1. The number of hydrogen-bond acceptors (Lipinski definition) is 1. The van der Waals surface area contributed by atoms with Crippen molar-refractivity contribution in [2.45, 2.75) is 24.2 Å². The molecule has 0 radical (unpaired) electrons. The number of rotatable bonds is 1. The smallest absolute Gasteiger partial charge is 0.0314 e. The van der Waals surface area contributed by atoms with Gasteiger partial charge in [0.25, 0.3) is 0 Å². The van der Waals surface area contributed by atoms with Gasteiger partial charge in [0, 0.05) is 5.69 Å². The van der Waals surface area contributed by atoms with Crippen molar-refractivity contribution in [1.29, 1.82) is 0 Å². The third-order valence-corrected chi connectivity index (χ3v) is 5.35. The van der Waals surface area contributed by atoms with Crippen molar-refractivity contribution in [2.75, 3.05) is 17.2 Å². The summed E-state index contributed by atoms with van der Waals surface area (Å²) >= 11 is 0. The number of nitrogen functional groups attached to an aromatic ring is 1. The fourth-order valence-corrected chi connectivity index (χ4v) is 4.36. The molecule has 1 nitrogen and oxygen atoms in total. The summed E-state index contributed by atoms with van der Waals surface area (Å²) in [6, 6.07) is 8.50. The van der Waals surface area contributed by atoms with Crippen molar-refractivity contribution >= 4 is 16.6 Å². The van der Waals surface area contributed by atoms with Crippen LogP contribution in [0.5, 0.6) is 0 Å². The molecule has 1 heterocycles. The fourth-order valence-electron chi connectivity index (χ4n) is 1.84. The maximum atomic E-state index is 5.66. The lowest BCUT2D eigenvalue weighted by Crippen LogP contribution is -2.02. The van der Waals surface area contributed by atoms with Crippen LogP contribution in [-0.4, -0.2) is 11.5 Å². The standard InChI is InChI=1S/C11H17NS/c12-10-4-6-11(7-5-10)13-8-2-1-3-9-13/h4-7,13H,1-3,8-9,12H2. The van der Waals surface area contributed by atoms with Gasteiger partial charge in [-0.1, -0.05) is 6.42 Å². The zero-order valence-electron chi connectivity index (χ0n) is 7.87. The first kappa shape index (κ1) is 8.95. The van der Waals surface area contributed by atoms with Gasteiger partial charge in [-0.05, 0) is 53.5 Å². The van der Waals surface area contributed by atoms with Gasteiger partial charge in [-0.25, -0.2) is 10.9 Å². The molecule has 1 aliphatic heterocycles. The van der Waals surface area contributed by atoms with Crippen LogP contribution in [0.4, 0.5) is 5.69 Å². The van der Waals surface area contributed by atoms with Gasteiger partial charge in [0.15, 0.2) is 0 Å². The molecule has 1 aromatic carbocycles. The first-order valence-electron chi connectivity index (χ1n) is 4.97. The van der Waals surface area contributed by atoms with Gasteiger partial charge in [0.05, 0.1) is 0 Å². The van der Waals surface area contributed by atoms with E-state index in [4.69, 9.17) is 5.73 Å². The molecule has 2 N–H and O–H groups in total. The van der Waals surface area contributed by atoms with Crippen molar-refractivity contribution in [3.63, 3.8) is 0 Å². The zero-order chi connectivity index (χ0) is 9.10. The van der Waals surface area contributed by atoms with Crippen molar-refractivity contribution in [2.24, 2.45) is 0 Å². The van der Waals surface area contributed by atoms with Crippen LogP contribution in [0, 0.1) is 0 Å². The number of hydrogen-bond donors (Lipinski definition) is 2. The Morgan fingerprint density at radius 1 is 0.923 bits per heavy atom. The summed E-state index contributed by atoms with van der Waals surface area (Å²) in [6.45, 7) is 0. The lowest BCUT2D eigenvalue weighted by molar-refractivity contribution is 0.758. The van der Waals surface area contributed by atoms with Crippen LogP contribution in [0.15, 0.2) is 29.2 Å². The second kappa shape index (κ2) is 4.05. The minimum atomic E-state index is 0.165. The number of thiol groups is 1. The van der Waals surface area contributed by atoms with E-state index in [-0.39, 0.29) is 10.9 Å². The van der Waals surface area contributed by atoms with Crippen molar-refractivity contribution in [1.82, 2.24) is 0 Å². The molecule has 0 atom stereocenters. The predicted octanol–water partition coefficient (Wildman–Crippen LogP) is 2.81. The summed E-state index contributed by atoms with van der Waals surface area (Å²) in [6.07, 6.45) is 4.29. The highest BCUT2D eigenvalue weighted by Gasteiger charge is 2.10. The molecular formula is C11H17NS. The lowest BCUT2D eigenvalue weighted by Gasteiger charge is -2.26. The summed E-state index contributed by atoms with van der Waals surface area (Å²) in [5.74, 6) is 2.86. The largest absolute Gasteiger partial charge is 0.399 e. The molecule has 0 aliphatic carbocycles. The summed E-state index contributed by atoms with van der Waals surface area (Å²) < 4.78 is 0. The van der Waals surface area contributed by atoms with Gasteiger partial charge in [0.2, 0.25) is 0 Å². The zero-order valence-corrected chi connectivity index (χ0v) is 8.76. The van der Waals surface area contributed by atoms with Gasteiger partial charge in [-0.15, -0.1) is 0 Å². The van der Waals surface area contributed by atoms with Crippen molar-refractivity contribution in [3.8, 4) is 0 Å². The average molecular weight is 195 g/mol. The number of anilines is 1. The van der Waals surface area contributed by atoms with Crippen LogP contribution in [0.1, 0.15) is 19.3 Å². The van der Waals surface area contributed by atoms with E-state index in [1.54, 1.807) is 4.90 Å². The van der Waals surface area contributed by atoms with E-state index in [0.717, 1.165) is 5.69 Å². The van der Waals surface area contributed by atoms with Crippen LogP contribution in [0.3, 0.4) is 0 Å². The summed E-state index contributed by atoms with van der Waals surface area (Å²) in [7, 11) is 0.165. The molecule has 0 aromatic heterocycles. The highest BCUT2D eigenvalue weighted by molar-refractivity contribution is 8.17. The molecular weight excluding hydrogens is 178 g/mol. The Morgan fingerprint density at radius 3 is 2.15 bits per heavy atom. The molecule has 1 fully saturated rings. The predicted molar refractivity (Wildman–Crippen MR) is 61.7 cm³/mol. The Bertz CT molecular complexity index is 262. The summed E-state index contributed by atoms with van der Waals surface area (Å²) in [4.78, 5) is 1.55. The molecule has 1 aliphatic rings. The van der Waals surface area contributed by atoms with Crippen LogP contribution in [-0.2, 0) is 0 Å². The molecule has 2 rings (SSSR count). The Labute approximate surface area is 82.7 Å². The van der Waals surface area contributed by atoms with Crippen LogP contribution < -0.4 is 5.73 Å². The minimum Gasteiger partial charge on any atom is -0.399 e. The minimum absolute atomic E-state index is 0.165. The normalized spacial score (nSPS) is 20.2. The average Bonchev–Trinajstić information content (AvgIpc) is 2.20. The van der Waals surface area contributed by atoms with Crippen LogP contribution >= 0.6 is 10.9 Å². The topological polar surface area (TPSA) is 26.0 Å². The first-order valence-corrected chi connectivity index (χ1v) is 6.68. The molecule has 0 saturated carbocycles. The lowest BCUT2D eigenvalue weighted by atomic mass is 10.3. The van der Waals surface area contributed by atoms with E-state index in [1.165, 1.54) is 30.8 Å². The highest BCUT2D eigenvalue weighted by atomic mass is 32.2. The Hall–Kier alpha value is -0.630. The maximum Gasteiger partial charge on any atom is 0.0314 e. The van der Waals surface area contributed by atoms with Gasteiger partial charge in [-0.3, -0.25) is 0 Å². The fraction of sp³-hybridized carbons (Fsp3) is 0.455. The van der Waals surface area contributed by atoms with Gasteiger partial charge >= 0.3 is 0 Å². The van der Waals surface area contributed by atoms with E-state index in [1.807, 2.05) is 12.1 Å². The van der Waals surface area contributed by atoms with E-state index in [2.05, 4.69) is 12.1 Å². The molecule has 72 valence electrons. The third-order valence-electron chi connectivity index (χ3n) is 2.61. The number of benzene rings is 1. The molecule has 1 aromatic rings. The van der Waals surface area contributed by atoms with E-state index in [0.29, 0.717) is 0 Å². The van der Waals surface area contributed by atoms with Gasteiger partial charge < -0.3 is 5.73 Å². The van der Waals surface area contributed by atoms with E-state index >= 15 is 0 Å². The molecule has 0 spiro atoms. The third kappa shape index (κ3) is 2.19.